The molecule has 4 heteroatoms. The highest BCUT2D eigenvalue weighted by Crippen LogP contribution is 2.36. The average Bonchev–Trinajstić information content (AvgIpc) is 2.76. The minimum Gasteiger partial charge on any atom is -0.380 e. The maximum Gasteiger partial charge on any atom is 0.130 e. The van der Waals surface area contributed by atoms with Crippen LogP contribution < -0.4 is 5.32 Å². The molecular weight excluding hydrogens is 360 g/mol. The van der Waals surface area contributed by atoms with E-state index in [2.05, 4.69) is 24.1 Å². The van der Waals surface area contributed by atoms with Crippen LogP contribution in [0.4, 0.5) is 0 Å². The molecule has 3 rings (SSSR count). The van der Waals surface area contributed by atoms with Gasteiger partial charge in [0.05, 0.1) is 12.3 Å². The van der Waals surface area contributed by atoms with E-state index in [1.807, 2.05) is 79.0 Å². The van der Waals surface area contributed by atoms with E-state index < -0.39 is 5.60 Å². The van der Waals surface area contributed by atoms with E-state index in [4.69, 9.17) is 4.74 Å². The number of hydrogen-bond donors (Lipinski definition) is 2. The Hall–Kier alpha value is -2.53. The zero-order valence-corrected chi connectivity index (χ0v) is 17.4. The summed E-state index contributed by atoms with van der Waals surface area (Å²) in [5.74, 6) is 0.188. The lowest BCUT2D eigenvalue weighted by Gasteiger charge is -2.40. The third-order valence-corrected chi connectivity index (χ3v) is 5.24. The smallest absolute Gasteiger partial charge is 0.130 e. The standard InChI is InChI=1S/C25H30N2O2/c1-19(2)24(27-17-23-15-14-20(16-26-23)18-29-3)25(28,21-10-6-4-7-11-21)22-12-8-5-9-13-22/h4-16,19,24,27-28H,17-18H2,1-3H3/t24-/m0/s1. The molecule has 2 N–H and O–H groups in total. The second-order valence-corrected chi connectivity index (χ2v) is 7.69. The molecule has 1 atom stereocenters. The normalized spacial score (nSPS) is 12.9. The Bertz CT molecular complexity index is 825. The number of hydrogen-bond acceptors (Lipinski definition) is 4. The van der Waals surface area contributed by atoms with Crippen LogP contribution in [-0.4, -0.2) is 23.2 Å². The number of aromatic nitrogens is 1. The number of benzene rings is 2. The minimum atomic E-state index is -1.16. The molecule has 0 saturated carbocycles. The van der Waals surface area contributed by atoms with Crippen molar-refractivity contribution in [2.24, 2.45) is 5.92 Å². The van der Waals surface area contributed by atoms with Gasteiger partial charge >= 0.3 is 0 Å². The number of aliphatic hydroxyl groups is 1. The van der Waals surface area contributed by atoms with Gasteiger partial charge in [0, 0.05) is 25.9 Å². The molecule has 0 aliphatic heterocycles. The van der Waals surface area contributed by atoms with Gasteiger partial charge < -0.3 is 15.2 Å². The molecule has 29 heavy (non-hydrogen) atoms. The predicted molar refractivity (Wildman–Crippen MR) is 116 cm³/mol. The van der Waals surface area contributed by atoms with Crippen molar-refractivity contribution >= 4 is 0 Å². The first kappa shape index (κ1) is 21.2. The Kier molecular flexibility index (Phi) is 7.15. The summed E-state index contributed by atoms with van der Waals surface area (Å²) in [6, 6.07) is 23.6. The zero-order chi connectivity index (χ0) is 20.7. The summed E-state index contributed by atoms with van der Waals surface area (Å²) in [7, 11) is 1.68. The molecule has 2 aromatic carbocycles. The lowest BCUT2D eigenvalue weighted by molar-refractivity contribution is 0.0182. The van der Waals surface area contributed by atoms with Crippen LogP contribution in [0.25, 0.3) is 0 Å². The van der Waals surface area contributed by atoms with Gasteiger partial charge in [0.2, 0.25) is 0 Å². The van der Waals surface area contributed by atoms with Crippen LogP contribution in [0.5, 0.6) is 0 Å². The van der Waals surface area contributed by atoms with Gasteiger partial charge in [0.15, 0.2) is 0 Å². The van der Waals surface area contributed by atoms with E-state index in [-0.39, 0.29) is 12.0 Å². The van der Waals surface area contributed by atoms with E-state index in [9.17, 15) is 5.11 Å². The second kappa shape index (κ2) is 9.79. The Morgan fingerprint density at radius 3 is 1.97 bits per heavy atom. The summed E-state index contributed by atoms with van der Waals surface area (Å²) >= 11 is 0. The number of ether oxygens (including phenoxy) is 1. The van der Waals surface area contributed by atoms with E-state index in [1.54, 1.807) is 7.11 Å². The SMILES string of the molecule is COCc1ccc(CN[C@@H](C(C)C)C(O)(c2ccccc2)c2ccccc2)nc1. The first-order valence-corrected chi connectivity index (χ1v) is 10.0. The molecule has 0 unspecified atom stereocenters. The quantitative estimate of drug-likeness (QED) is 0.573. The predicted octanol–water partition coefficient (Wildman–Crippen LogP) is 4.28. The van der Waals surface area contributed by atoms with Gasteiger partial charge in [-0.05, 0) is 28.7 Å². The summed E-state index contributed by atoms with van der Waals surface area (Å²) < 4.78 is 5.15. The molecule has 3 aromatic rings. The highest BCUT2D eigenvalue weighted by atomic mass is 16.5. The first-order valence-electron chi connectivity index (χ1n) is 10.0. The Labute approximate surface area is 173 Å². The van der Waals surface area contributed by atoms with Crippen LogP contribution >= 0.6 is 0 Å². The molecule has 0 saturated heterocycles. The third kappa shape index (κ3) is 4.91. The molecule has 1 aromatic heterocycles. The van der Waals surface area contributed by atoms with Crippen molar-refractivity contribution in [2.45, 2.75) is 38.6 Å². The van der Waals surface area contributed by atoms with Crippen LogP contribution in [0.15, 0.2) is 79.0 Å². The number of nitrogens with one attached hydrogen (secondary N) is 1. The van der Waals surface area contributed by atoms with Crippen molar-refractivity contribution in [3.63, 3.8) is 0 Å². The molecular formula is C25H30N2O2. The van der Waals surface area contributed by atoms with Crippen LogP contribution in [0.1, 0.15) is 36.2 Å². The Morgan fingerprint density at radius 2 is 1.52 bits per heavy atom. The summed E-state index contributed by atoms with van der Waals surface area (Å²) in [5.41, 5.74) is 2.56. The van der Waals surface area contributed by atoms with E-state index in [0.29, 0.717) is 13.2 Å². The molecule has 0 amide bonds. The largest absolute Gasteiger partial charge is 0.380 e. The molecule has 0 aliphatic rings. The van der Waals surface area contributed by atoms with Crippen molar-refractivity contribution in [3.05, 3.63) is 101 Å². The van der Waals surface area contributed by atoms with E-state index in [1.165, 1.54) is 0 Å². The van der Waals surface area contributed by atoms with Gasteiger partial charge in [-0.25, -0.2) is 0 Å². The molecule has 1 heterocycles. The summed E-state index contributed by atoms with van der Waals surface area (Å²) in [4.78, 5) is 4.53. The first-order chi connectivity index (χ1) is 14.1. The van der Waals surface area contributed by atoms with Crippen LogP contribution in [0.3, 0.4) is 0 Å². The van der Waals surface area contributed by atoms with Crippen molar-refractivity contribution < 1.29 is 9.84 Å². The van der Waals surface area contributed by atoms with Gasteiger partial charge in [-0.15, -0.1) is 0 Å². The maximum absolute atomic E-state index is 12.1. The number of pyridine rings is 1. The average molecular weight is 391 g/mol. The van der Waals surface area contributed by atoms with E-state index >= 15 is 0 Å². The van der Waals surface area contributed by atoms with Gasteiger partial charge in [0.25, 0.3) is 0 Å². The third-order valence-electron chi connectivity index (χ3n) is 5.24. The fourth-order valence-electron chi connectivity index (χ4n) is 3.80. The van der Waals surface area contributed by atoms with Crippen molar-refractivity contribution in [1.29, 1.82) is 0 Å². The molecule has 4 nitrogen and oxygen atoms in total. The molecule has 0 aliphatic carbocycles. The van der Waals surface area contributed by atoms with Crippen LogP contribution in [-0.2, 0) is 23.5 Å². The zero-order valence-electron chi connectivity index (χ0n) is 17.4. The monoisotopic (exact) mass is 390 g/mol. The van der Waals surface area contributed by atoms with Gasteiger partial charge in [-0.1, -0.05) is 80.6 Å². The number of nitrogens with zero attached hydrogens (tertiary/aromatic N) is 1. The lowest BCUT2D eigenvalue weighted by atomic mass is 9.76. The fraction of sp³-hybridized carbons (Fsp3) is 0.320. The maximum atomic E-state index is 12.1. The van der Waals surface area contributed by atoms with Crippen molar-refractivity contribution in [3.8, 4) is 0 Å². The van der Waals surface area contributed by atoms with Crippen molar-refractivity contribution in [2.75, 3.05) is 7.11 Å². The molecule has 0 fully saturated rings. The minimum absolute atomic E-state index is 0.188. The highest BCUT2D eigenvalue weighted by molar-refractivity contribution is 5.38. The molecule has 0 spiro atoms. The number of rotatable bonds is 9. The lowest BCUT2D eigenvalue weighted by Crippen LogP contribution is -2.52. The summed E-state index contributed by atoms with van der Waals surface area (Å²) in [6.07, 6.45) is 1.84. The van der Waals surface area contributed by atoms with Gasteiger partial charge in [-0.2, -0.15) is 0 Å². The summed E-state index contributed by atoms with van der Waals surface area (Å²) in [5, 5.41) is 15.7. The van der Waals surface area contributed by atoms with Crippen LogP contribution in [0.2, 0.25) is 0 Å². The topological polar surface area (TPSA) is 54.4 Å². The molecule has 0 bridgehead atoms. The van der Waals surface area contributed by atoms with Gasteiger partial charge in [0.1, 0.15) is 5.60 Å². The number of methoxy groups -OCH3 is 1. The van der Waals surface area contributed by atoms with E-state index in [0.717, 1.165) is 22.4 Å². The van der Waals surface area contributed by atoms with Crippen molar-refractivity contribution in [1.82, 2.24) is 10.3 Å². The summed E-state index contributed by atoms with van der Waals surface area (Å²) in [6.45, 7) is 5.38. The van der Waals surface area contributed by atoms with Crippen LogP contribution in [0, 0.1) is 5.92 Å². The Balaban J connectivity index is 1.91. The molecule has 152 valence electrons. The van der Waals surface area contributed by atoms with Gasteiger partial charge in [-0.3, -0.25) is 4.98 Å². The highest BCUT2D eigenvalue weighted by Gasteiger charge is 2.41. The Morgan fingerprint density at radius 1 is 0.931 bits per heavy atom. The molecule has 0 radical (unpaired) electrons. The fourth-order valence-corrected chi connectivity index (χ4v) is 3.80. The second-order valence-electron chi connectivity index (χ2n) is 7.69.